The van der Waals surface area contributed by atoms with Crippen LogP contribution in [0, 0.1) is 0 Å². The van der Waals surface area contributed by atoms with Crippen LogP contribution >= 0.6 is 0 Å². The van der Waals surface area contributed by atoms with E-state index in [1.807, 2.05) is 0 Å². The highest BCUT2D eigenvalue weighted by atomic mass is 19.3. The van der Waals surface area contributed by atoms with Gasteiger partial charge in [-0.05, 0) is 17.7 Å². The van der Waals surface area contributed by atoms with E-state index in [1.165, 1.54) is 0 Å². The van der Waals surface area contributed by atoms with E-state index in [9.17, 15) is 13.6 Å². The molecular formula is C9H8F2N2O. The Morgan fingerprint density at radius 1 is 1.21 bits per heavy atom. The lowest BCUT2D eigenvalue weighted by Crippen LogP contribution is -1.99. The Morgan fingerprint density at radius 2 is 1.93 bits per heavy atom. The van der Waals surface area contributed by atoms with Crippen molar-refractivity contribution in [3.63, 3.8) is 0 Å². The molecule has 0 saturated heterocycles. The minimum absolute atomic E-state index is 0.289. The molecule has 14 heavy (non-hydrogen) atoms. The van der Waals surface area contributed by atoms with E-state index in [0.29, 0.717) is 16.6 Å². The molecule has 0 aliphatic carbocycles. The first-order valence-electron chi connectivity index (χ1n) is 4.14. The number of halogens is 2. The third-order valence-electron chi connectivity index (χ3n) is 1.97. The standard InChI is InChI=1S/C9H8F2N2O/c10-8(11)4-5-1-2-6-7(3-5)13-9(14)12-6/h1-3,8H,4H2,(H2,12,13,14). The summed E-state index contributed by atoms with van der Waals surface area (Å²) in [6.45, 7) is 0. The van der Waals surface area contributed by atoms with Gasteiger partial charge in [-0.3, -0.25) is 0 Å². The second kappa shape index (κ2) is 3.25. The number of hydrogen-bond acceptors (Lipinski definition) is 1. The van der Waals surface area contributed by atoms with E-state index in [0.717, 1.165) is 0 Å². The fourth-order valence-electron chi connectivity index (χ4n) is 1.38. The average molecular weight is 198 g/mol. The molecule has 0 unspecified atom stereocenters. The third kappa shape index (κ3) is 1.66. The average Bonchev–Trinajstić information content (AvgIpc) is 2.42. The summed E-state index contributed by atoms with van der Waals surface area (Å²) in [6, 6.07) is 4.75. The number of rotatable bonds is 2. The number of aromatic amines is 2. The Morgan fingerprint density at radius 3 is 2.64 bits per heavy atom. The van der Waals surface area contributed by atoms with Gasteiger partial charge < -0.3 is 9.97 Å². The van der Waals surface area contributed by atoms with Gasteiger partial charge in [-0.25, -0.2) is 13.6 Å². The largest absolute Gasteiger partial charge is 0.323 e. The van der Waals surface area contributed by atoms with Gasteiger partial charge in [-0.15, -0.1) is 0 Å². The molecule has 2 aromatic rings. The Labute approximate surface area is 77.8 Å². The van der Waals surface area contributed by atoms with Crippen molar-refractivity contribution in [2.75, 3.05) is 0 Å². The van der Waals surface area contributed by atoms with E-state index in [2.05, 4.69) is 9.97 Å². The quantitative estimate of drug-likeness (QED) is 0.757. The van der Waals surface area contributed by atoms with E-state index in [1.54, 1.807) is 18.2 Å². The molecule has 0 radical (unpaired) electrons. The second-order valence-corrected chi connectivity index (χ2v) is 3.05. The van der Waals surface area contributed by atoms with Crippen molar-refractivity contribution in [1.82, 2.24) is 9.97 Å². The highest BCUT2D eigenvalue weighted by molar-refractivity contribution is 5.74. The molecular weight excluding hydrogens is 190 g/mol. The number of imidazole rings is 1. The molecule has 0 bridgehead atoms. The van der Waals surface area contributed by atoms with E-state index in [-0.39, 0.29) is 12.1 Å². The predicted molar refractivity (Wildman–Crippen MR) is 48.6 cm³/mol. The van der Waals surface area contributed by atoms with Gasteiger partial charge >= 0.3 is 5.69 Å². The van der Waals surface area contributed by atoms with Crippen LogP contribution in [0.4, 0.5) is 8.78 Å². The van der Waals surface area contributed by atoms with Gasteiger partial charge in [-0.2, -0.15) is 0 Å². The summed E-state index contributed by atoms with van der Waals surface area (Å²) < 4.78 is 24.1. The lowest BCUT2D eigenvalue weighted by molar-refractivity contribution is 0.149. The Bertz CT molecular complexity index is 501. The molecule has 0 spiro atoms. The van der Waals surface area contributed by atoms with Crippen molar-refractivity contribution >= 4 is 11.0 Å². The van der Waals surface area contributed by atoms with Crippen LogP contribution < -0.4 is 5.69 Å². The zero-order valence-corrected chi connectivity index (χ0v) is 7.18. The fraction of sp³-hybridized carbons (Fsp3) is 0.222. The molecule has 74 valence electrons. The van der Waals surface area contributed by atoms with Crippen LogP contribution in [0.3, 0.4) is 0 Å². The van der Waals surface area contributed by atoms with Crippen molar-refractivity contribution in [2.24, 2.45) is 0 Å². The third-order valence-corrected chi connectivity index (χ3v) is 1.97. The number of benzene rings is 1. The van der Waals surface area contributed by atoms with Crippen molar-refractivity contribution < 1.29 is 8.78 Å². The first-order valence-corrected chi connectivity index (χ1v) is 4.14. The summed E-state index contributed by atoms with van der Waals surface area (Å²) in [7, 11) is 0. The Hall–Kier alpha value is -1.65. The fourth-order valence-corrected chi connectivity index (χ4v) is 1.38. The lowest BCUT2D eigenvalue weighted by atomic mass is 10.1. The molecule has 2 rings (SSSR count). The predicted octanol–water partition coefficient (Wildman–Crippen LogP) is 1.66. The van der Waals surface area contributed by atoms with Crippen molar-refractivity contribution in [3.05, 3.63) is 34.2 Å². The van der Waals surface area contributed by atoms with Gasteiger partial charge in [0, 0.05) is 6.42 Å². The first-order chi connectivity index (χ1) is 6.65. The lowest BCUT2D eigenvalue weighted by Gasteiger charge is -1.99. The van der Waals surface area contributed by atoms with Gasteiger partial charge in [0.1, 0.15) is 0 Å². The SMILES string of the molecule is O=c1[nH]c2ccc(CC(F)F)cc2[nH]1. The van der Waals surface area contributed by atoms with Crippen molar-refractivity contribution in [3.8, 4) is 0 Å². The number of hydrogen-bond donors (Lipinski definition) is 2. The minimum atomic E-state index is -2.36. The van der Waals surface area contributed by atoms with Crippen LogP contribution in [0.2, 0.25) is 0 Å². The molecule has 1 aromatic heterocycles. The molecule has 0 aliphatic rings. The van der Waals surface area contributed by atoms with Crippen LogP contribution in [0.1, 0.15) is 5.56 Å². The highest BCUT2D eigenvalue weighted by Crippen LogP contribution is 2.13. The zero-order chi connectivity index (χ0) is 10.1. The van der Waals surface area contributed by atoms with Crippen LogP contribution in [0.15, 0.2) is 23.0 Å². The normalized spacial score (nSPS) is 11.4. The summed E-state index contributed by atoms with van der Waals surface area (Å²) in [5.41, 5.74) is 1.39. The van der Waals surface area contributed by atoms with Crippen LogP contribution in [0.25, 0.3) is 11.0 Å². The summed E-state index contributed by atoms with van der Waals surface area (Å²) in [4.78, 5) is 15.9. The number of aromatic nitrogens is 2. The molecule has 1 aromatic carbocycles. The number of nitrogens with one attached hydrogen (secondary N) is 2. The summed E-state index contributed by atoms with van der Waals surface area (Å²) in [5.74, 6) is 0. The topological polar surface area (TPSA) is 48.6 Å². The van der Waals surface area contributed by atoms with Gasteiger partial charge in [-0.1, -0.05) is 6.07 Å². The number of fused-ring (bicyclic) bond motifs is 1. The molecule has 0 atom stereocenters. The van der Waals surface area contributed by atoms with Crippen molar-refractivity contribution in [2.45, 2.75) is 12.8 Å². The molecule has 0 saturated carbocycles. The van der Waals surface area contributed by atoms with E-state index >= 15 is 0 Å². The molecule has 1 heterocycles. The highest BCUT2D eigenvalue weighted by Gasteiger charge is 2.05. The van der Waals surface area contributed by atoms with Gasteiger partial charge in [0.25, 0.3) is 0 Å². The molecule has 2 N–H and O–H groups in total. The van der Waals surface area contributed by atoms with E-state index in [4.69, 9.17) is 0 Å². The summed E-state index contributed by atoms with van der Waals surface area (Å²) in [6.07, 6.45) is -2.65. The number of alkyl halides is 2. The second-order valence-electron chi connectivity index (χ2n) is 3.05. The van der Waals surface area contributed by atoms with Gasteiger partial charge in [0.15, 0.2) is 0 Å². The first kappa shape index (κ1) is 8.93. The van der Waals surface area contributed by atoms with Crippen LogP contribution in [0.5, 0.6) is 0 Å². The maximum absolute atomic E-state index is 12.0. The van der Waals surface area contributed by atoms with Crippen LogP contribution in [-0.4, -0.2) is 16.4 Å². The van der Waals surface area contributed by atoms with Gasteiger partial charge in [0.2, 0.25) is 6.43 Å². The van der Waals surface area contributed by atoms with Gasteiger partial charge in [0.05, 0.1) is 11.0 Å². The Balaban J connectivity index is 2.45. The molecule has 0 aliphatic heterocycles. The maximum atomic E-state index is 12.0. The van der Waals surface area contributed by atoms with Crippen LogP contribution in [-0.2, 0) is 6.42 Å². The monoisotopic (exact) mass is 198 g/mol. The zero-order valence-electron chi connectivity index (χ0n) is 7.18. The minimum Gasteiger partial charge on any atom is -0.306 e. The van der Waals surface area contributed by atoms with E-state index < -0.39 is 6.43 Å². The molecule has 0 amide bonds. The maximum Gasteiger partial charge on any atom is 0.323 e. The smallest absolute Gasteiger partial charge is 0.306 e. The summed E-state index contributed by atoms with van der Waals surface area (Å²) in [5, 5.41) is 0. The molecule has 5 heteroatoms. The number of H-pyrrole nitrogens is 2. The molecule has 0 fully saturated rings. The summed E-state index contributed by atoms with van der Waals surface area (Å²) >= 11 is 0. The molecule has 3 nitrogen and oxygen atoms in total. The Kier molecular flexibility index (Phi) is 2.07. The van der Waals surface area contributed by atoms with Crippen molar-refractivity contribution in [1.29, 1.82) is 0 Å².